The molecule has 40 heavy (non-hydrogen) atoms. The van der Waals surface area contributed by atoms with Crippen molar-refractivity contribution in [3.05, 3.63) is 76.9 Å². The lowest BCUT2D eigenvalue weighted by Crippen LogP contribution is -2.45. The lowest BCUT2D eigenvalue weighted by atomic mass is 9.99. The van der Waals surface area contributed by atoms with Crippen molar-refractivity contribution in [2.24, 2.45) is 4.99 Å². The first-order valence-electron chi connectivity index (χ1n) is 13.2. The Morgan fingerprint density at radius 1 is 1.12 bits per heavy atom. The first kappa shape index (κ1) is 29.5. The van der Waals surface area contributed by atoms with Crippen LogP contribution in [0.15, 0.2) is 59.1 Å². The lowest BCUT2D eigenvalue weighted by molar-refractivity contribution is -0.135. The number of amidine groups is 1. The fourth-order valence-electron chi connectivity index (χ4n) is 4.98. The van der Waals surface area contributed by atoms with Crippen molar-refractivity contribution < 1.29 is 33.3 Å². The van der Waals surface area contributed by atoms with Crippen LogP contribution in [0.1, 0.15) is 42.1 Å². The van der Waals surface area contributed by atoms with Gasteiger partial charge in [0.2, 0.25) is 0 Å². The van der Waals surface area contributed by atoms with E-state index >= 15 is 0 Å². The first-order valence-corrected chi connectivity index (χ1v) is 14.1. The van der Waals surface area contributed by atoms with Crippen LogP contribution in [0.2, 0.25) is 0 Å². The third-order valence-corrected chi connectivity index (χ3v) is 8.56. The number of piperidine rings is 1. The Morgan fingerprint density at radius 3 is 2.58 bits per heavy atom. The third kappa shape index (κ3) is 7.60. The molecule has 2 N–H and O–H groups in total. The topological polar surface area (TPSA) is 103 Å². The van der Waals surface area contributed by atoms with Crippen LogP contribution in [-0.4, -0.2) is 76.4 Å². The second kappa shape index (κ2) is 13.8. The molecule has 1 fully saturated rings. The van der Waals surface area contributed by atoms with Crippen molar-refractivity contribution in [2.75, 3.05) is 33.3 Å². The number of thioether (sulfide) groups is 1. The number of nitrogens with zero attached hydrogens (tertiary/aromatic N) is 3. The molecule has 4 rings (SSSR count). The third-order valence-electron chi connectivity index (χ3n) is 7.19. The van der Waals surface area contributed by atoms with E-state index in [1.165, 1.54) is 17.8 Å². The SMILES string of the molecule is CN(C1=NCc2ccccc2C(/C(=C\C(=O)O)C(=O)O)S1)C1CCN(CCCCOc2ccc(F)c(F)c2)CC1. The standard InChI is InChI=1S/C29H33F2N3O5S/c1-33(20-10-13-34(14-11-20)12-4-5-15-39-21-8-9-24(30)25(31)16-21)29-32-18-19-6-2-3-7-22(19)27(40-29)23(28(37)38)17-26(35)36/h2-3,6-9,16-17,20,27H,4-5,10-15,18H2,1H3,(H,35,36)(H,37,38)/b23-17+. The highest BCUT2D eigenvalue weighted by Gasteiger charge is 2.33. The van der Waals surface area contributed by atoms with E-state index in [-0.39, 0.29) is 11.6 Å². The molecule has 1 saturated heterocycles. The second-order valence-electron chi connectivity index (χ2n) is 9.85. The van der Waals surface area contributed by atoms with Gasteiger partial charge in [-0.05, 0) is 55.5 Å². The normalized spacial score (nSPS) is 18.4. The Labute approximate surface area is 236 Å². The predicted molar refractivity (Wildman–Crippen MR) is 150 cm³/mol. The summed E-state index contributed by atoms with van der Waals surface area (Å²) in [5, 5.41) is 19.2. The summed E-state index contributed by atoms with van der Waals surface area (Å²) in [6.45, 7) is 3.54. The number of halogens is 2. The number of unbranched alkanes of at least 4 members (excludes halogenated alkanes) is 1. The van der Waals surface area contributed by atoms with Crippen LogP contribution in [0.25, 0.3) is 0 Å². The van der Waals surface area contributed by atoms with Gasteiger partial charge in [-0.2, -0.15) is 0 Å². The quantitative estimate of drug-likeness (QED) is 0.304. The molecule has 1 atom stereocenters. The van der Waals surface area contributed by atoms with Gasteiger partial charge in [-0.25, -0.2) is 18.4 Å². The number of carboxylic acids is 2. The molecule has 2 aliphatic rings. The highest BCUT2D eigenvalue weighted by atomic mass is 32.2. The average molecular weight is 574 g/mol. The summed E-state index contributed by atoms with van der Waals surface area (Å²) in [5.41, 5.74) is 1.46. The molecule has 0 radical (unpaired) electrons. The van der Waals surface area contributed by atoms with Gasteiger partial charge in [0.1, 0.15) is 5.75 Å². The maximum absolute atomic E-state index is 13.3. The van der Waals surface area contributed by atoms with Crippen molar-refractivity contribution in [2.45, 2.75) is 43.5 Å². The Bertz CT molecular complexity index is 1280. The number of carbonyl (C=O) groups is 2. The van der Waals surface area contributed by atoms with Gasteiger partial charge in [-0.3, -0.25) is 4.99 Å². The summed E-state index contributed by atoms with van der Waals surface area (Å²) in [6, 6.07) is 11.2. The number of carboxylic acid groups (broad SMARTS) is 2. The van der Waals surface area contributed by atoms with Crippen molar-refractivity contribution in [3.8, 4) is 5.75 Å². The van der Waals surface area contributed by atoms with Gasteiger partial charge < -0.3 is 24.7 Å². The van der Waals surface area contributed by atoms with Gasteiger partial charge in [-0.15, -0.1) is 0 Å². The molecule has 0 spiro atoms. The molecular weight excluding hydrogens is 540 g/mol. The minimum Gasteiger partial charge on any atom is -0.493 e. The number of fused-ring (bicyclic) bond motifs is 1. The van der Waals surface area contributed by atoms with Crippen molar-refractivity contribution >= 4 is 28.9 Å². The van der Waals surface area contributed by atoms with E-state index in [9.17, 15) is 28.6 Å². The molecule has 0 aliphatic carbocycles. The molecule has 11 heteroatoms. The number of aliphatic carboxylic acids is 2. The van der Waals surface area contributed by atoms with Crippen LogP contribution in [0.3, 0.4) is 0 Å². The van der Waals surface area contributed by atoms with Gasteiger partial charge in [0.15, 0.2) is 16.8 Å². The molecule has 0 amide bonds. The highest BCUT2D eigenvalue weighted by molar-refractivity contribution is 8.14. The Hall–Kier alpha value is -3.44. The van der Waals surface area contributed by atoms with Crippen molar-refractivity contribution in [1.29, 1.82) is 0 Å². The number of benzene rings is 2. The van der Waals surface area contributed by atoms with Crippen LogP contribution in [-0.2, 0) is 16.1 Å². The van der Waals surface area contributed by atoms with Gasteiger partial charge in [-0.1, -0.05) is 36.0 Å². The van der Waals surface area contributed by atoms with E-state index in [1.54, 1.807) is 0 Å². The molecule has 0 saturated carbocycles. The van der Waals surface area contributed by atoms with E-state index in [0.29, 0.717) is 24.1 Å². The Balaban J connectivity index is 1.30. The summed E-state index contributed by atoms with van der Waals surface area (Å²) in [4.78, 5) is 32.8. The van der Waals surface area contributed by atoms with Crippen LogP contribution < -0.4 is 4.74 Å². The summed E-state index contributed by atoms with van der Waals surface area (Å²) in [6.07, 6.45) is 4.32. The van der Waals surface area contributed by atoms with Crippen LogP contribution in [0.5, 0.6) is 5.75 Å². The zero-order chi connectivity index (χ0) is 28.6. The number of hydrogen-bond donors (Lipinski definition) is 2. The smallest absolute Gasteiger partial charge is 0.333 e. The number of hydrogen-bond acceptors (Lipinski definition) is 7. The molecule has 0 bridgehead atoms. The van der Waals surface area contributed by atoms with Gasteiger partial charge >= 0.3 is 11.9 Å². The number of likely N-dealkylation sites (tertiary alicyclic amines) is 1. The Kier molecular flexibility index (Phi) is 10.2. The lowest BCUT2D eigenvalue weighted by Gasteiger charge is -2.38. The summed E-state index contributed by atoms with van der Waals surface area (Å²) >= 11 is 1.29. The van der Waals surface area contributed by atoms with E-state index < -0.39 is 28.8 Å². The van der Waals surface area contributed by atoms with E-state index in [1.807, 2.05) is 31.3 Å². The predicted octanol–water partition coefficient (Wildman–Crippen LogP) is 4.96. The Morgan fingerprint density at radius 2 is 1.88 bits per heavy atom. The molecule has 1 unspecified atom stereocenters. The largest absolute Gasteiger partial charge is 0.493 e. The zero-order valence-electron chi connectivity index (χ0n) is 22.3. The molecule has 2 heterocycles. The molecular formula is C29H33F2N3O5S. The summed E-state index contributed by atoms with van der Waals surface area (Å²) in [5.74, 6) is -4.05. The molecule has 2 aromatic rings. The second-order valence-corrected chi connectivity index (χ2v) is 10.9. The van der Waals surface area contributed by atoms with E-state index in [4.69, 9.17) is 9.73 Å². The first-order chi connectivity index (χ1) is 19.2. The molecule has 2 aliphatic heterocycles. The summed E-state index contributed by atoms with van der Waals surface area (Å²) < 4.78 is 31.9. The maximum atomic E-state index is 13.3. The fraction of sp³-hybridized carbons (Fsp3) is 0.414. The maximum Gasteiger partial charge on any atom is 0.333 e. The van der Waals surface area contributed by atoms with Gasteiger partial charge in [0.25, 0.3) is 0 Å². The zero-order valence-corrected chi connectivity index (χ0v) is 23.1. The number of ether oxygens (including phenoxy) is 1. The van der Waals surface area contributed by atoms with Crippen molar-refractivity contribution in [3.63, 3.8) is 0 Å². The van der Waals surface area contributed by atoms with E-state index in [2.05, 4.69) is 9.80 Å². The average Bonchev–Trinajstić information content (AvgIpc) is 3.13. The van der Waals surface area contributed by atoms with Crippen molar-refractivity contribution in [1.82, 2.24) is 9.80 Å². The van der Waals surface area contributed by atoms with Crippen LogP contribution in [0, 0.1) is 11.6 Å². The molecule has 214 valence electrons. The number of aliphatic imine (C=N–C) groups is 1. The summed E-state index contributed by atoms with van der Waals surface area (Å²) in [7, 11) is 1.97. The van der Waals surface area contributed by atoms with Crippen LogP contribution >= 0.6 is 11.8 Å². The monoisotopic (exact) mass is 573 g/mol. The van der Waals surface area contributed by atoms with Gasteiger partial charge in [0, 0.05) is 38.3 Å². The number of rotatable bonds is 10. The minimum atomic E-state index is -1.30. The van der Waals surface area contributed by atoms with E-state index in [0.717, 1.165) is 74.7 Å². The fourth-order valence-corrected chi connectivity index (χ4v) is 6.30. The molecule has 8 nitrogen and oxygen atoms in total. The molecule has 0 aromatic heterocycles. The minimum absolute atomic E-state index is 0.184. The van der Waals surface area contributed by atoms with Crippen LogP contribution in [0.4, 0.5) is 8.78 Å². The van der Waals surface area contributed by atoms with Gasteiger partial charge in [0.05, 0.1) is 24.0 Å². The highest BCUT2D eigenvalue weighted by Crippen LogP contribution is 2.42. The molecule has 2 aromatic carbocycles.